The van der Waals surface area contributed by atoms with Crippen molar-refractivity contribution in [2.75, 3.05) is 43.4 Å². The molecule has 2 heterocycles. The largest absolute Gasteiger partial charge is 0.369 e. The van der Waals surface area contributed by atoms with E-state index in [0.717, 1.165) is 39.1 Å². The van der Waals surface area contributed by atoms with E-state index in [9.17, 15) is 9.59 Å². The number of carbonyl (C=O) groups excluding carboxylic acids is 2. The molecule has 2 aromatic rings. The molecule has 3 rings (SSSR count). The Hall–Kier alpha value is -2.03. The maximum Gasteiger partial charge on any atom is 0.262 e. The molecule has 0 bridgehead atoms. The van der Waals surface area contributed by atoms with Gasteiger partial charge in [0.15, 0.2) is 7.28 Å². The van der Waals surface area contributed by atoms with E-state index >= 15 is 0 Å². The number of benzene rings is 1. The zero-order valence-electron chi connectivity index (χ0n) is 17.0. The van der Waals surface area contributed by atoms with Crippen LogP contribution in [0.15, 0.2) is 30.3 Å². The fraction of sp³-hybridized carbons (Fsp3) is 0.400. The normalized spacial score (nSPS) is 15.7. The topological polar surface area (TPSA) is 64.7 Å². The Bertz CT molecular complexity index is 883. The lowest BCUT2D eigenvalue weighted by Gasteiger charge is -2.35. The highest BCUT2D eigenvalue weighted by Gasteiger charge is 2.20. The molecular formula is C20H26BClN4O2S. The molecule has 29 heavy (non-hydrogen) atoms. The zero-order chi connectivity index (χ0) is 21.0. The van der Waals surface area contributed by atoms with Crippen molar-refractivity contribution in [3.05, 3.63) is 39.5 Å². The van der Waals surface area contributed by atoms with Gasteiger partial charge < -0.3 is 20.4 Å². The maximum absolute atomic E-state index is 12.5. The maximum atomic E-state index is 12.5. The molecule has 1 aromatic carbocycles. The van der Waals surface area contributed by atoms with E-state index in [2.05, 4.69) is 40.4 Å². The van der Waals surface area contributed by atoms with E-state index in [-0.39, 0.29) is 11.8 Å². The Morgan fingerprint density at radius 1 is 1.17 bits per heavy atom. The number of carbonyl (C=O) groups is 2. The zero-order valence-corrected chi connectivity index (χ0v) is 18.6. The van der Waals surface area contributed by atoms with Gasteiger partial charge in [0.25, 0.3) is 5.91 Å². The van der Waals surface area contributed by atoms with Gasteiger partial charge in [0.1, 0.15) is 6.04 Å². The summed E-state index contributed by atoms with van der Waals surface area (Å²) >= 11 is 7.06. The minimum Gasteiger partial charge on any atom is -0.369 e. The number of amides is 2. The van der Waals surface area contributed by atoms with E-state index in [1.807, 2.05) is 12.1 Å². The lowest BCUT2D eigenvalue weighted by molar-refractivity contribution is -0.117. The van der Waals surface area contributed by atoms with Gasteiger partial charge in [0, 0.05) is 37.6 Å². The lowest BCUT2D eigenvalue weighted by Crippen LogP contribution is -2.46. The Morgan fingerprint density at radius 3 is 2.52 bits per heavy atom. The number of piperazine rings is 1. The molecule has 9 heteroatoms. The molecule has 2 amide bonds. The summed E-state index contributed by atoms with van der Waals surface area (Å²) in [5.74, 6) is -0.556. The summed E-state index contributed by atoms with van der Waals surface area (Å²) in [5, 5.41) is 5.63. The van der Waals surface area contributed by atoms with Crippen molar-refractivity contribution in [3.63, 3.8) is 0 Å². The summed E-state index contributed by atoms with van der Waals surface area (Å²) in [4.78, 5) is 30.0. The Morgan fingerprint density at radius 2 is 1.90 bits per heavy atom. The number of rotatable bonds is 6. The van der Waals surface area contributed by atoms with Crippen LogP contribution in [0.1, 0.15) is 16.6 Å². The molecule has 154 valence electrons. The van der Waals surface area contributed by atoms with Gasteiger partial charge in [-0.25, -0.2) is 0 Å². The van der Waals surface area contributed by atoms with E-state index < -0.39 is 6.04 Å². The number of thiophene rings is 1. The van der Waals surface area contributed by atoms with Gasteiger partial charge in [-0.15, -0.1) is 11.3 Å². The molecule has 1 fully saturated rings. The summed E-state index contributed by atoms with van der Waals surface area (Å²) in [6.07, 6.45) is 0. The minimum atomic E-state index is -0.661. The Balaban J connectivity index is 1.63. The summed E-state index contributed by atoms with van der Waals surface area (Å²) in [5.41, 5.74) is 3.18. The van der Waals surface area contributed by atoms with E-state index in [0.29, 0.717) is 9.21 Å². The second kappa shape index (κ2) is 9.65. The van der Waals surface area contributed by atoms with Gasteiger partial charge >= 0.3 is 0 Å². The van der Waals surface area contributed by atoms with Gasteiger partial charge in [-0.3, -0.25) is 9.59 Å². The fourth-order valence-corrected chi connectivity index (χ4v) is 4.27. The second-order valence-electron chi connectivity index (χ2n) is 7.28. The van der Waals surface area contributed by atoms with Crippen LogP contribution in [-0.4, -0.2) is 63.3 Å². The molecule has 0 radical (unpaired) electrons. The average molecular weight is 433 g/mol. The van der Waals surface area contributed by atoms with Gasteiger partial charge in [0.2, 0.25) is 5.91 Å². The van der Waals surface area contributed by atoms with Crippen LogP contribution < -0.4 is 21.0 Å². The van der Waals surface area contributed by atoms with Gasteiger partial charge in [-0.2, -0.15) is 0 Å². The number of hydrogen-bond acceptors (Lipinski definition) is 5. The van der Waals surface area contributed by atoms with Crippen molar-refractivity contribution in [3.8, 4) is 0 Å². The molecule has 1 aromatic heterocycles. The minimum absolute atomic E-state index is 0.254. The number of anilines is 2. The van der Waals surface area contributed by atoms with Crippen LogP contribution in [0.5, 0.6) is 0 Å². The van der Waals surface area contributed by atoms with Crippen LogP contribution >= 0.6 is 22.9 Å². The lowest BCUT2D eigenvalue weighted by atomic mass is 9.72. The van der Waals surface area contributed by atoms with E-state index in [1.54, 1.807) is 19.1 Å². The molecule has 1 aliphatic rings. The quantitative estimate of drug-likeness (QED) is 0.686. The summed E-state index contributed by atoms with van der Waals surface area (Å²) < 4.78 is 0.541. The summed E-state index contributed by atoms with van der Waals surface area (Å²) in [7, 11) is 3.03. The molecule has 1 saturated heterocycles. The predicted molar refractivity (Wildman–Crippen MR) is 124 cm³/mol. The highest BCUT2D eigenvalue weighted by atomic mass is 35.5. The monoisotopic (exact) mass is 432 g/mol. The average Bonchev–Trinajstić information content (AvgIpc) is 3.15. The molecule has 0 saturated carbocycles. The number of nitrogens with one attached hydrogen (secondary N) is 2. The number of hydrogen-bond donors (Lipinski definition) is 2. The Labute approximate surface area is 181 Å². The summed E-state index contributed by atoms with van der Waals surface area (Å²) in [6, 6.07) is 8.69. The third kappa shape index (κ3) is 5.53. The molecule has 6 nitrogen and oxygen atoms in total. The Kier molecular flexibility index (Phi) is 7.21. The molecule has 0 spiro atoms. The van der Waals surface area contributed by atoms with Gasteiger partial charge in [-0.05, 0) is 44.3 Å². The van der Waals surface area contributed by atoms with Crippen molar-refractivity contribution in [2.45, 2.75) is 19.8 Å². The van der Waals surface area contributed by atoms with Crippen LogP contribution in [0.3, 0.4) is 0 Å². The molecule has 1 unspecified atom stereocenters. The number of likely N-dealkylation sites (N-methyl/N-ethyl adjacent to an activating group) is 1. The highest BCUT2D eigenvalue weighted by Crippen LogP contribution is 2.21. The standard InChI is InChI=1S/C20H26BClN4O2S/c1-13(23-20(28)17-6-7-18(22)29-17)19(27)24-14-4-5-16(15(12-14)21-2)26-10-8-25(3)9-11-26/h4-7,12-13,21H,8-11H2,1-3H3,(H,23,28)(H,24,27). The molecule has 0 aliphatic carbocycles. The number of halogens is 1. The smallest absolute Gasteiger partial charge is 0.262 e. The third-order valence-electron chi connectivity index (χ3n) is 5.11. The van der Waals surface area contributed by atoms with Gasteiger partial charge in [-0.1, -0.05) is 23.9 Å². The van der Waals surface area contributed by atoms with Gasteiger partial charge in [0.05, 0.1) is 9.21 Å². The second-order valence-corrected chi connectivity index (χ2v) is 8.99. The predicted octanol–water partition coefficient (Wildman–Crippen LogP) is 2.02. The van der Waals surface area contributed by atoms with E-state index in [4.69, 9.17) is 11.6 Å². The van der Waals surface area contributed by atoms with Crippen molar-refractivity contribution in [1.29, 1.82) is 0 Å². The SMILES string of the molecule is CBc1cc(NC(=O)C(C)NC(=O)c2ccc(Cl)s2)ccc1N1CCN(C)CC1. The number of nitrogens with zero attached hydrogens (tertiary/aromatic N) is 2. The van der Waals surface area contributed by atoms with Crippen LogP contribution in [0, 0.1) is 0 Å². The molecule has 1 atom stereocenters. The molecule has 1 aliphatic heterocycles. The first-order valence-corrected chi connectivity index (χ1v) is 11.0. The van der Waals surface area contributed by atoms with Crippen molar-refractivity contribution in [1.82, 2.24) is 10.2 Å². The molecular weight excluding hydrogens is 407 g/mol. The first-order chi connectivity index (χ1) is 13.9. The first-order valence-electron chi connectivity index (χ1n) is 9.81. The van der Waals surface area contributed by atoms with Crippen LogP contribution in [0.4, 0.5) is 11.4 Å². The van der Waals surface area contributed by atoms with E-state index in [1.165, 1.54) is 22.5 Å². The highest BCUT2D eigenvalue weighted by molar-refractivity contribution is 7.18. The fourth-order valence-electron chi connectivity index (χ4n) is 3.32. The first kappa shape index (κ1) is 21.7. The van der Waals surface area contributed by atoms with Crippen LogP contribution in [0.25, 0.3) is 0 Å². The van der Waals surface area contributed by atoms with Crippen LogP contribution in [-0.2, 0) is 4.79 Å². The van der Waals surface area contributed by atoms with Crippen molar-refractivity contribution in [2.24, 2.45) is 0 Å². The van der Waals surface area contributed by atoms with Crippen molar-refractivity contribution >= 4 is 58.9 Å². The summed E-state index contributed by atoms with van der Waals surface area (Å²) in [6.45, 7) is 7.90. The van der Waals surface area contributed by atoms with Crippen molar-refractivity contribution < 1.29 is 9.59 Å². The van der Waals surface area contributed by atoms with Crippen LogP contribution in [0.2, 0.25) is 11.2 Å². The molecule has 2 N–H and O–H groups in total. The third-order valence-corrected chi connectivity index (χ3v) is 6.34.